The standard InChI is InChI=1S/C22H19ClN4O5/c1-31-16-7-14(8-17(10-16)32-2)22(29)26-15-4-5-19(23)18(9-15)21-24-11-13(12-25-21)3-6-20(28)27-30/h3-12,30H,1-2H3,(H,26,29)(H,27,28)/b6-3+. The minimum Gasteiger partial charge on any atom is -0.497 e. The number of hydroxylamine groups is 1. The molecule has 2 amide bonds. The van der Waals surface area contributed by atoms with E-state index < -0.39 is 5.91 Å². The van der Waals surface area contributed by atoms with E-state index in [4.69, 9.17) is 26.3 Å². The molecule has 10 heteroatoms. The second kappa shape index (κ2) is 10.4. The number of ether oxygens (including phenoxy) is 2. The molecule has 0 aliphatic carbocycles. The summed E-state index contributed by atoms with van der Waals surface area (Å²) in [5.41, 5.74) is 3.40. The summed E-state index contributed by atoms with van der Waals surface area (Å²) >= 11 is 6.30. The summed E-state index contributed by atoms with van der Waals surface area (Å²) in [5, 5.41) is 11.7. The Hall–Kier alpha value is -3.95. The lowest BCUT2D eigenvalue weighted by atomic mass is 10.1. The molecule has 3 aromatic rings. The van der Waals surface area contributed by atoms with Crippen molar-refractivity contribution in [3.05, 3.63) is 71.0 Å². The lowest BCUT2D eigenvalue weighted by Gasteiger charge is -2.11. The first-order valence-corrected chi connectivity index (χ1v) is 9.60. The molecule has 0 bridgehead atoms. The van der Waals surface area contributed by atoms with Gasteiger partial charge in [0.15, 0.2) is 5.82 Å². The summed E-state index contributed by atoms with van der Waals surface area (Å²) in [6.07, 6.45) is 5.56. The first-order chi connectivity index (χ1) is 15.4. The second-order valence-electron chi connectivity index (χ2n) is 6.40. The van der Waals surface area contributed by atoms with Gasteiger partial charge >= 0.3 is 0 Å². The van der Waals surface area contributed by atoms with Crippen LogP contribution in [0.15, 0.2) is 54.9 Å². The van der Waals surface area contributed by atoms with Crippen molar-refractivity contribution in [2.24, 2.45) is 0 Å². The summed E-state index contributed by atoms with van der Waals surface area (Å²) in [7, 11) is 3.01. The number of carbonyl (C=O) groups excluding carboxylic acids is 2. The van der Waals surface area contributed by atoms with Crippen LogP contribution in [0.25, 0.3) is 17.5 Å². The molecule has 32 heavy (non-hydrogen) atoms. The Labute approximate surface area is 188 Å². The molecule has 3 rings (SSSR count). The molecule has 1 aromatic heterocycles. The van der Waals surface area contributed by atoms with Gasteiger partial charge in [0, 0.05) is 46.9 Å². The zero-order valence-corrected chi connectivity index (χ0v) is 17.9. The number of anilines is 1. The van der Waals surface area contributed by atoms with Crippen LogP contribution in [0.1, 0.15) is 15.9 Å². The van der Waals surface area contributed by atoms with E-state index in [0.717, 1.165) is 6.08 Å². The number of methoxy groups -OCH3 is 2. The molecule has 2 aromatic carbocycles. The molecular weight excluding hydrogens is 436 g/mol. The first kappa shape index (κ1) is 22.7. The van der Waals surface area contributed by atoms with Gasteiger partial charge in [0.25, 0.3) is 11.8 Å². The van der Waals surface area contributed by atoms with Gasteiger partial charge in [0.2, 0.25) is 0 Å². The molecule has 1 heterocycles. The average Bonchev–Trinajstić information content (AvgIpc) is 2.83. The summed E-state index contributed by atoms with van der Waals surface area (Å²) < 4.78 is 10.4. The highest BCUT2D eigenvalue weighted by Crippen LogP contribution is 2.29. The molecule has 9 nitrogen and oxygen atoms in total. The van der Waals surface area contributed by atoms with E-state index in [9.17, 15) is 9.59 Å². The van der Waals surface area contributed by atoms with Crippen molar-refractivity contribution in [3.8, 4) is 22.9 Å². The molecular formula is C22H19ClN4O5. The topological polar surface area (TPSA) is 123 Å². The fourth-order valence-electron chi connectivity index (χ4n) is 2.69. The number of carbonyl (C=O) groups is 2. The third kappa shape index (κ3) is 5.60. The first-order valence-electron chi connectivity index (χ1n) is 9.22. The lowest BCUT2D eigenvalue weighted by molar-refractivity contribution is -0.124. The normalized spacial score (nSPS) is 10.6. The zero-order chi connectivity index (χ0) is 23.1. The summed E-state index contributed by atoms with van der Waals surface area (Å²) in [4.78, 5) is 32.3. The number of hydrogen-bond acceptors (Lipinski definition) is 7. The van der Waals surface area contributed by atoms with Crippen molar-refractivity contribution in [2.75, 3.05) is 19.5 Å². The highest BCUT2D eigenvalue weighted by Gasteiger charge is 2.13. The number of aromatic nitrogens is 2. The third-order valence-electron chi connectivity index (χ3n) is 4.29. The van der Waals surface area contributed by atoms with E-state index in [1.807, 2.05) is 0 Å². The highest BCUT2D eigenvalue weighted by atomic mass is 35.5. The Balaban J connectivity index is 1.82. The molecule has 0 atom stereocenters. The molecule has 0 saturated heterocycles. The fraction of sp³-hybridized carbons (Fsp3) is 0.0909. The second-order valence-corrected chi connectivity index (χ2v) is 6.81. The van der Waals surface area contributed by atoms with E-state index >= 15 is 0 Å². The molecule has 0 radical (unpaired) electrons. The van der Waals surface area contributed by atoms with Crippen LogP contribution in [0.5, 0.6) is 11.5 Å². The smallest absolute Gasteiger partial charge is 0.267 e. The van der Waals surface area contributed by atoms with E-state index in [2.05, 4.69) is 15.3 Å². The van der Waals surface area contributed by atoms with Gasteiger partial charge in [-0.05, 0) is 36.4 Å². The van der Waals surface area contributed by atoms with Crippen molar-refractivity contribution in [3.63, 3.8) is 0 Å². The highest BCUT2D eigenvalue weighted by molar-refractivity contribution is 6.33. The van der Waals surface area contributed by atoms with Crippen molar-refractivity contribution >= 4 is 35.2 Å². The number of nitrogens with one attached hydrogen (secondary N) is 2. The van der Waals surface area contributed by atoms with Crippen molar-refractivity contribution in [1.82, 2.24) is 15.4 Å². The Bertz CT molecular complexity index is 1140. The number of amides is 2. The minimum atomic E-state index is -0.672. The summed E-state index contributed by atoms with van der Waals surface area (Å²) in [6, 6.07) is 9.81. The quantitative estimate of drug-likeness (QED) is 0.283. The maximum Gasteiger partial charge on any atom is 0.267 e. The van der Waals surface area contributed by atoms with E-state index in [0.29, 0.717) is 44.7 Å². The molecule has 0 aliphatic heterocycles. The molecule has 0 spiro atoms. The SMILES string of the molecule is COc1cc(OC)cc(C(=O)Nc2ccc(Cl)c(-c3ncc(/C=C/C(=O)NO)cn3)c2)c1. The maximum atomic E-state index is 12.7. The zero-order valence-electron chi connectivity index (χ0n) is 17.1. The number of nitrogens with zero attached hydrogens (tertiary/aromatic N) is 2. The predicted molar refractivity (Wildman–Crippen MR) is 119 cm³/mol. The number of rotatable bonds is 7. The van der Waals surface area contributed by atoms with Crippen LogP contribution in [0.2, 0.25) is 5.02 Å². The Kier molecular flexibility index (Phi) is 7.37. The van der Waals surface area contributed by atoms with E-state index in [1.165, 1.54) is 38.2 Å². The van der Waals surface area contributed by atoms with Crippen LogP contribution < -0.4 is 20.3 Å². The van der Waals surface area contributed by atoms with Gasteiger partial charge in [-0.1, -0.05) is 11.6 Å². The van der Waals surface area contributed by atoms with Crippen molar-refractivity contribution in [1.29, 1.82) is 0 Å². The monoisotopic (exact) mass is 454 g/mol. The van der Waals surface area contributed by atoms with Gasteiger partial charge in [0.1, 0.15) is 11.5 Å². The van der Waals surface area contributed by atoms with E-state index in [1.54, 1.807) is 36.4 Å². The van der Waals surface area contributed by atoms with Crippen LogP contribution in [-0.2, 0) is 4.79 Å². The van der Waals surface area contributed by atoms with Crippen molar-refractivity contribution in [2.45, 2.75) is 0 Å². The molecule has 0 saturated carbocycles. The largest absolute Gasteiger partial charge is 0.497 e. The maximum absolute atomic E-state index is 12.7. The fourth-order valence-corrected chi connectivity index (χ4v) is 2.89. The molecule has 0 unspecified atom stereocenters. The average molecular weight is 455 g/mol. The summed E-state index contributed by atoms with van der Waals surface area (Å²) in [5.74, 6) is 0.279. The van der Waals surface area contributed by atoms with Gasteiger partial charge < -0.3 is 14.8 Å². The number of benzene rings is 2. The Morgan fingerprint density at radius 1 is 1.03 bits per heavy atom. The van der Waals surface area contributed by atoms with Gasteiger partial charge in [0.05, 0.1) is 19.2 Å². The molecule has 0 fully saturated rings. The van der Waals surface area contributed by atoms with Gasteiger partial charge in [-0.15, -0.1) is 0 Å². The van der Waals surface area contributed by atoms with Gasteiger partial charge in [-0.2, -0.15) is 0 Å². The Morgan fingerprint density at radius 3 is 2.28 bits per heavy atom. The van der Waals surface area contributed by atoms with Gasteiger partial charge in [-0.25, -0.2) is 15.4 Å². The molecule has 3 N–H and O–H groups in total. The van der Waals surface area contributed by atoms with Gasteiger partial charge in [-0.3, -0.25) is 14.8 Å². The molecule has 164 valence electrons. The summed E-state index contributed by atoms with van der Waals surface area (Å²) in [6.45, 7) is 0. The number of hydrogen-bond donors (Lipinski definition) is 3. The van der Waals surface area contributed by atoms with Crippen LogP contribution >= 0.6 is 11.6 Å². The van der Waals surface area contributed by atoms with E-state index in [-0.39, 0.29) is 5.91 Å². The lowest BCUT2D eigenvalue weighted by Crippen LogP contribution is -2.14. The minimum absolute atomic E-state index is 0.331. The molecule has 0 aliphatic rings. The van der Waals surface area contributed by atoms with Crippen LogP contribution in [0.4, 0.5) is 5.69 Å². The number of halogens is 1. The predicted octanol–water partition coefficient (Wildman–Crippen LogP) is 3.59. The van der Waals surface area contributed by atoms with Crippen LogP contribution in [-0.4, -0.2) is 41.2 Å². The third-order valence-corrected chi connectivity index (χ3v) is 4.62. The van der Waals surface area contributed by atoms with Crippen molar-refractivity contribution < 1.29 is 24.3 Å². The van der Waals surface area contributed by atoms with Crippen LogP contribution in [0.3, 0.4) is 0 Å². The Morgan fingerprint density at radius 2 is 1.69 bits per heavy atom. The van der Waals surface area contributed by atoms with Crippen LogP contribution in [0, 0.1) is 0 Å².